The van der Waals surface area contributed by atoms with E-state index in [9.17, 15) is 4.79 Å². The van der Waals surface area contributed by atoms with Crippen molar-refractivity contribution in [3.8, 4) is 0 Å². The number of anilines is 1. The summed E-state index contributed by atoms with van der Waals surface area (Å²) in [7, 11) is 0. The number of nitrogens with zero attached hydrogens (tertiary/aromatic N) is 5. The van der Waals surface area contributed by atoms with Crippen molar-refractivity contribution in [3.63, 3.8) is 0 Å². The molecular formula is C17H23N7O. The molecule has 132 valence electrons. The maximum Gasteiger partial charge on any atom is 0.317 e. The predicted molar refractivity (Wildman–Crippen MR) is 95.0 cm³/mol. The molecule has 0 radical (unpaired) electrons. The highest BCUT2D eigenvalue weighted by Gasteiger charge is 2.20. The first-order valence-electron chi connectivity index (χ1n) is 8.45. The zero-order valence-electron chi connectivity index (χ0n) is 14.1. The summed E-state index contributed by atoms with van der Waals surface area (Å²) in [5, 5.41) is 6.05. The molecule has 1 saturated heterocycles. The standard InChI is InChI=1S/C17H23N7O/c25-17(22-7-6-21-16-13-19-4-5-20-16)24-10-8-23(9-11-24)14-15-2-1-3-18-12-15/h1-5,12-13H,6-11,14H2,(H,20,21)(H,22,25). The normalized spacial score (nSPS) is 15.0. The zero-order valence-corrected chi connectivity index (χ0v) is 14.1. The van der Waals surface area contributed by atoms with E-state index in [1.54, 1.807) is 24.8 Å². The first-order valence-corrected chi connectivity index (χ1v) is 8.45. The second kappa shape index (κ2) is 8.93. The van der Waals surface area contributed by atoms with Gasteiger partial charge in [-0.2, -0.15) is 0 Å². The molecule has 1 aliphatic heterocycles. The lowest BCUT2D eigenvalue weighted by molar-refractivity contribution is 0.135. The molecule has 0 atom stereocenters. The number of urea groups is 1. The van der Waals surface area contributed by atoms with E-state index in [0.29, 0.717) is 18.9 Å². The monoisotopic (exact) mass is 341 g/mol. The maximum atomic E-state index is 12.2. The van der Waals surface area contributed by atoms with Crippen molar-refractivity contribution in [2.75, 3.05) is 44.6 Å². The van der Waals surface area contributed by atoms with Gasteiger partial charge in [0.15, 0.2) is 0 Å². The van der Waals surface area contributed by atoms with Gasteiger partial charge in [-0.15, -0.1) is 0 Å². The number of nitrogens with one attached hydrogen (secondary N) is 2. The number of hydrogen-bond donors (Lipinski definition) is 2. The summed E-state index contributed by atoms with van der Waals surface area (Å²) in [5.74, 6) is 0.709. The van der Waals surface area contributed by atoms with E-state index in [-0.39, 0.29) is 6.03 Å². The third kappa shape index (κ3) is 5.39. The van der Waals surface area contributed by atoms with Gasteiger partial charge in [-0.05, 0) is 11.6 Å². The van der Waals surface area contributed by atoms with Crippen LogP contribution in [0.25, 0.3) is 0 Å². The van der Waals surface area contributed by atoms with E-state index in [1.807, 2.05) is 17.2 Å². The summed E-state index contributed by atoms with van der Waals surface area (Å²) in [4.78, 5) is 28.7. The summed E-state index contributed by atoms with van der Waals surface area (Å²) in [6.07, 6.45) is 8.59. The van der Waals surface area contributed by atoms with Crippen LogP contribution in [0.1, 0.15) is 5.56 Å². The van der Waals surface area contributed by atoms with Gasteiger partial charge in [-0.25, -0.2) is 9.78 Å². The molecular weight excluding hydrogens is 318 g/mol. The average Bonchev–Trinajstić information content (AvgIpc) is 2.67. The molecule has 25 heavy (non-hydrogen) atoms. The van der Waals surface area contributed by atoms with Gasteiger partial charge in [0.25, 0.3) is 0 Å². The largest absolute Gasteiger partial charge is 0.367 e. The minimum Gasteiger partial charge on any atom is -0.367 e. The molecule has 1 fully saturated rings. The van der Waals surface area contributed by atoms with Gasteiger partial charge in [0, 0.05) is 70.6 Å². The van der Waals surface area contributed by atoms with Crippen LogP contribution in [0.5, 0.6) is 0 Å². The van der Waals surface area contributed by atoms with Crippen molar-refractivity contribution in [3.05, 3.63) is 48.7 Å². The number of amides is 2. The van der Waals surface area contributed by atoms with Crippen molar-refractivity contribution in [1.29, 1.82) is 0 Å². The van der Waals surface area contributed by atoms with Crippen LogP contribution in [0.4, 0.5) is 10.6 Å². The number of carbonyl (C=O) groups excluding carboxylic acids is 1. The minimum atomic E-state index is -0.0121. The van der Waals surface area contributed by atoms with Crippen LogP contribution >= 0.6 is 0 Å². The van der Waals surface area contributed by atoms with Crippen molar-refractivity contribution in [2.45, 2.75) is 6.54 Å². The van der Waals surface area contributed by atoms with Gasteiger partial charge in [-0.1, -0.05) is 6.07 Å². The first kappa shape index (κ1) is 17.1. The molecule has 2 amide bonds. The molecule has 2 N–H and O–H groups in total. The Kier molecular flexibility index (Phi) is 6.11. The van der Waals surface area contributed by atoms with Gasteiger partial charge in [0.1, 0.15) is 5.82 Å². The van der Waals surface area contributed by atoms with E-state index in [0.717, 1.165) is 32.7 Å². The summed E-state index contributed by atoms with van der Waals surface area (Å²) in [6, 6.07) is 4.02. The second-order valence-electron chi connectivity index (χ2n) is 5.87. The fraction of sp³-hybridized carbons (Fsp3) is 0.412. The van der Waals surface area contributed by atoms with Crippen molar-refractivity contribution < 1.29 is 4.79 Å². The zero-order chi connectivity index (χ0) is 17.3. The van der Waals surface area contributed by atoms with Crippen molar-refractivity contribution in [2.24, 2.45) is 0 Å². The Labute approximate surface area is 147 Å². The van der Waals surface area contributed by atoms with Gasteiger partial charge < -0.3 is 15.5 Å². The van der Waals surface area contributed by atoms with Crippen LogP contribution < -0.4 is 10.6 Å². The molecule has 8 nitrogen and oxygen atoms in total. The highest BCUT2D eigenvalue weighted by Crippen LogP contribution is 2.07. The van der Waals surface area contributed by atoms with Crippen molar-refractivity contribution in [1.82, 2.24) is 30.1 Å². The lowest BCUT2D eigenvalue weighted by atomic mass is 10.2. The summed E-state index contributed by atoms with van der Waals surface area (Å²) >= 11 is 0. The number of carbonyl (C=O) groups is 1. The molecule has 0 aliphatic carbocycles. The predicted octanol–water partition coefficient (Wildman–Crippen LogP) is 0.811. The van der Waals surface area contributed by atoms with Crippen LogP contribution in [0, 0.1) is 0 Å². The Morgan fingerprint density at radius 2 is 1.88 bits per heavy atom. The second-order valence-corrected chi connectivity index (χ2v) is 5.87. The van der Waals surface area contributed by atoms with Gasteiger partial charge in [0.2, 0.25) is 0 Å². The van der Waals surface area contributed by atoms with E-state index < -0.39 is 0 Å². The van der Waals surface area contributed by atoms with E-state index in [2.05, 4.69) is 36.6 Å². The molecule has 0 spiro atoms. The number of hydrogen-bond acceptors (Lipinski definition) is 6. The average molecular weight is 341 g/mol. The van der Waals surface area contributed by atoms with Crippen LogP contribution in [-0.2, 0) is 6.54 Å². The smallest absolute Gasteiger partial charge is 0.317 e. The minimum absolute atomic E-state index is 0.0121. The molecule has 2 aromatic heterocycles. The van der Waals surface area contributed by atoms with Crippen LogP contribution in [0.15, 0.2) is 43.1 Å². The van der Waals surface area contributed by atoms with Gasteiger partial charge in [-0.3, -0.25) is 14.9 Å². The molecule has 3 heterocycles. The molecule has 8 heteroatoms. The number of pyridine rings is 1. The summed E-state index contributed by atoms with van der Waals surface area (Å²) < 4.78 is 0. The third-order valence-electron chi connectivity index (χ3n) is 4.06. The van der Waals surface area contributed by atoms with Crippen LogP contribution in [-0.4, -0.2) is 70.1 Å². The van der Waals surface area contributed by atoms with E-state index in [4.69, 9.17) is 0 Å². The maximum absolute atomic E-state index is 12.2. The molecule has 2 aromatic rings. The molecule has 1 aliphatic rings. The fourth-order valence-electron chi connectivity index (χ4n) is 2.72. The molecule has 0 unspecified atom stereocenters. The molecule has 0 bridgehead atoms. The highest BCUT2D eigenvalue weighted by molar-refractivity contribution is 5.74. The highest BCUT2D eigenvalue weighted by atomic mass is 16.2. The summed E-state index contributed by atoms with van der Waals surface area (Å²) in [5.41, 5.74) is 1.20. The lowest BCUT2D eigenvalue weighted by Crippen LogP contribution is -2.51. The van der Waals surface area contributed by atoms with Crippen molar-refractivity contribution >= 4 is 11.8 Å². The third-order valence-corrected chi connectivity index (χ3v) is 4.06. The fourth-order valence-corrected chi connectivity index (χ4v) is 2.72. The number of piperazine rings is 1. The van der Waals surface area contributed by atoms with E-state index in [1.165, 1.54) is 5.56 Å². The molecule has 0 saturated carbocycles. The topological polar surface area (TPSA) is 86.3 Å². The summed E-state index contributed by atoms with van der Waals surface area (Å²) in [6.45, 7) is 5.27. The lowest BCUT2D eigenvalue weighted by Gasteiger charge is -2.34. The Morgan fingerprint density at radius 3 is 2.60 bits per heavy atom. The Balaban J connectivity index is 1.33. The quantitative estimate of drug-likeness (QED) is 0.756. The van der Waals surface area contributed by atoms with Gasteiger partial charge >= 0.3 is 6.03 Å². The first-order chi connectivity index (χ1) is 12.3. The van der Waals surface area contributed by atoms with Crippen LogP contribution in [0.2, 0.25) is 0 Å². The Morgan fingerprint density at radius 1 is 1.04 bits per heavy atom. The van der Waals surface area contributed by atoms with Gasteiger partial charge in [0.05, 0.1) is 6.20 Å². The van der Waals surface area contributed by atoms with Crippen LogP contribution in [0.3, 0.4) is 0 Å². The number of rotatable bonds is 6. The van der Waals surface area contributed by atoms with E-state index >= 15 is 0 Å². The number of aromatic nitrogens is 3. The molecule has 3 rings (SSSR count). The molecule has 0 aromatic carbocycles. The SMILES string of the molecule is O=C(NCCNc1cnccn1)N1CCN(Cc2cccnc2)CC1. The Bertz CT molecular complexity index is 645. The Hall–Kier alpha value is -2.74.